The molecule has 5 heteroatoms. The van der Waals surface area contributed by atoms with Gasteiger partial charge in [-0.1, -0.05) is 29.4 Å². The van der Waals surface area contributed by atoms with Crippen LogP contribution in [-0.2, 0) is 6.61 Å². The molecule has 0 aliphatic heterocycles. The molecule has 0 saturated carbocycles. The zero-order valence-corrected chi connectivity index (χ0v) is 13.0. The molecule has 0 amide bonds. The van der Waals surface area contributed by atoms with Crippen LogP contribution >= 0.6 is 11.8 Å². The second-order valence-corrected chi connectivity index (χ2v) is 5.66. The fraction of sp³-hybridized carbons (Fsp3) is 0.118. The molecule has 4 nitrogen and oxygen atoms in total. The Morgan fingerprint density at radius 2 is 1.82 bits per heavy atom. The lowest BCUT2D eigenvalue weighted by molar-refractivity contribution is 0.306. The van der Waals surface area contributed by atoms with E-state index in [-0.39, 0.29) is 0 Å². The Kier molecular flexibility index (Phi) is 4.34. The molecule has 0 atom stereocenters. The molecule has 0 aliphatic rings. The van der Waals surface area contributed by atoms with Crippen molar-refractivity contribution in [2.75, 3.05) is 12.0 Å². The summed E-state index contributed by atoms with van der Waals surface area (Å²) in [6.45, 7) is 0.521. The first-order valence-corrected chi connectivity index (χ1v) is 8.05. The lowest BCUT2D eigenvalue weighted by atomic mass is 10.1. The zero-order valence-electron chi connectivity index (χ0n) is 12.2. The first kappa shape index (κ1) is 14.5. The number of benzene rings is 2. The Morgan fingerprint density at radius 3 is 2.41 bits per heavy atom. The van der Waals surface area contributed by atoms with E-state index in [1.54, 1.807) is 11.8 Å². The fourth-order valence-electron chi connectivity index (χ4n) is 2.06. The lowest BCUT2D eigenvalue weighted by Crippen LogP contribution is -1.95. The molecule has 0 saturated heterocycles. The highest BCUT2D eigenvalue weighted by Gasteiger charge is 2.07. The van der Waals surface area contributed by atoms with Crippen LogP contribution in [0.2, 0.25) is 0 Å². The zero-order chi connectivity index (χ0) is 15.4. The van der Waals surface area contributed by atoms with E-state index >= 15 is 0 Å². The molecule has 3 aromatic rings. The molecule has 2 aromatic carbocycles. The minimum atomic E-state index is 0.521. The molecule has 22 heavy (non-hydrogen) atoms. The number of nitrogens with zero attached hydrogens (tertiary/aromatic N) is 1. The van der Waals surface area contributed by atoms with Crippen molar-refractivity contribution in [2.45, 2.75) is 11.5 Å². The quantitative estimate of drug-likeness (QED) is 0.715. The number of thioether (sulfide) groups is 1. The minimum Gasteiger partial charge on any atom is -0.489 e. The molecule has 3 rings (SSSR count). The van der Waals surface area contributed by atoms with Gasteiger partial charge < -0.3 is 15.0 Å². The van der Waals surface area contributed by atoms with Crippen molar-refractivity contribution in [2.24, 2.45) is 0 Å². The van der Waals surface area contributed by atoms with Gasteiger partial charge >= 0.3 is 0 Å². The number of aromatic nitrogens is 1. The van der Waals surface area contributed by atoms with Crippen LogP contribution in [0.25, 0.3) is 11.3 Å². The molecular weight excluding hydrogens is 296 g/mol. The Morgan fingerprint density at radius 1 is 1.09 bits per heavy atom. The summed E-state index contributed by atoms with van der Waals surface area (Å²) in [5.41, 5.74) is 9.01. The lowest BCUT2D eigenvalue weighted by Gasteiger charge is -2.07. The van der Waals surface area contributed by atoms with Crippen molar-refractivity contribution in [3.8, 4) is 17.0 Å². The first-order chi connectivity index (χ1) is 10.8. The van der Waals surface area contributed by atoms with Gasteiger partial charge in [0.05, 0.1) is 0 Å². The van der Waals surface area contributed by atoms with Crippen LogP contribution in [0.4, 0.5) is 5.69 Å². The number of nitrogen functional groups attached to an aromatic ring is 1. The number of rotatable bonds is 5. The number of hydrogen-bond donors (Lipinski definition) is 1. The van der Waals surface area contributed by atoms with Crippen LogP contribution in [0.3, 0.4) is 0 Å². The summed E-state index contributed by atoms with van der Waals surface area (Å²) in [4.78, 5) is 1.22. The number of ether oxygens (including phenoxy) is 1. The monoisotopic (exact) mass is 312 g/mol. The van der Waals surface area contributed by atoms with E-state index < -0.39 is 0 Å². The normalized spacial score (nSPS) is 10.6. The maximum Gasteiger partial charge on any atom is 0.147 e. The van der Waals surface area contributed by atoms with Gasteiger partial charge in [-0.25, -0.2) is 0 Å². The highest BCUT2D eigenvalue weighted by molar-refractivity contribution is 7.98. The van der Waals surface area contributed by atoms with Gasteiger partial charge in [-0.2, -0.15) is 0 Å². The van der Waals surface area contributed by atoms with Crippen molar-refractivity contribution < 1.29 is 9.26 Å². The molecule has 0 fully saturated rings. The Hall–Kier alpha value is -2.40. The summed E-state index contributed by atoms with van der Waals surface area (Å²) in [7, 11) is 0. The second kappa shape index (κ2) is 6.58. The smallest absolute Gasteiger partial charge is 0.147 e. The van der Waals surface area contributed by atoms with Crippen LogP contribution < -0.4 is 10.5 Å². The first-order valence-electron chi connectivity index (χ1n) is 6.82. The predicted octanol–water partition coefficient (Wildman–Crippen LogP) is 4.22. The third-order valence-corrected chi connectivity index (χ3v) is 4.03. The Labute approximate surface area is 133 Å². The highest BCUT2D eigenvalue weighted by atomic mass is 32.2. The second-order valence-electron chi connectivity index (χ2n) is 4.78. The van der Waals surface area contributed by atoms with E-state index in [1.807, 2.05) is 36.4 Å². The van der Waals surface area contributed by atoms with Gasteiger partial charge in [0.2, 0.25) is 0 Å². The SMILES string of the molecule is CSc1ccc(OCc2ccc(-c3nocc3N)cc2)cc1. The van der Waals surface area contributed by atoms with Gasteiger partial charge in [0.1, 0.15) is 30.0 Å². The summed E-state index contributed by atoms with van der Waals surface area (Å²) >= 11 is 1.71. The Balaban J connectivity index is 1.64. The molecule has 0 aliphatic carbocycles. The highest BCUT2D eigenvalue weighted by Crippen LogP contribution is 2.24. The van der Waals surface area contributed by atoms with Crippen molar-refractivity contribution >= 4 is 17.4 Å². The van der Waals surface area contributed by atoms with Gasteiger partial charge in [-0.15, -0.1) is 11.8 Å². The number of anilines is 1. The molecule has 0 radical (unpaired) electrons. The third-order valence-electron chi connectivity index (χ3n) is 3.29. The maximum atomic E-state index is 5.79. The van der Waals surface area contributed by atoms with Crippen molar-refractivity contribution in [3.63, 3.8) is 0 Å². The average Bonchev–Trinajstić information content (AvgIpc) is 3.00. The number of hydrogen-bond acceptors (Lipinski definition) is 5. The van der Waals surface area contributed by atoms with E-state index in [4.69, 9.17) is 15.0 Å². The molecule has 1 aromatic heterocycles. The molecule has 0 unspecified atom stereocenters. The summed E-state index contributed by atoms with van der Waals surface area (Å²) in [5, 5.41) is 3.89. The molecule has 2 N–H and O–H groups in total. The topological polar surface area (TPSA) is 61.3 Å². The van der Waals surface area contributed by atoms with Crippen LogP contribution in [0.15, 0.2) is 64.2 Å². The van der Waals surface area contributed by atoms with Gasteiger partial charge in [0.15, 0.2) is 0 Å². The van der Waals surface area contributed by atoms with Gasteiger partial charge in [0, 0.05) is 10.5 Å². The molecule has 0 bridgehead atoms. The van der Waals surface area contributed by atoms with Crippen LogP contribution in [0.5, 0.6) is 5.75 Å². The van der Waals surface area contributed by atoms with E-state index in [2.05, 4.69) is 23.5 Å². The summed E-state index contributed by atoms with van der Waals surface area (Å²) < 4.78 is 10.6. The van der Waals surface area contributed by atoms with E-state index in [0.29, 0.717) is 18.0 Å². The van der Waals surface area contributed by atoms with Crippen molar-refractivity contribution in [1.82, 2.24) is 5.16 Å². The van der Waals surface area contributed by atoms with E-state index in [9.17, 15) is 0 Å². The van der Waals surface area contributed by atoms with Crippen molar-refractivity contribution in [3.05, 3.63) is 60.4 Å². The van der Waals surface area contributed by atoms with Crippen molar-refractivity contribution in [1.29, 1.82) is 0 Å². The minimum absolute atomic E-state index is 0.521. The standard InChI is InChI=1S/C17H16N2O2S/c1-22-15-8-6-14(7-9-15)20-10-12-2-4-13(5-3-12)17-16(18)11-21-19-17/h2-9,11H,10,18H2,1H3. The van der Waals surface area contributed by atoms with Gasteiger partial charge in [-0.3, -0.25) is 0 Å². The van der Waals surface area contributed by atoms with E-state index in [1.165, 1.54) is 11.2 Å². The van der Waals surface area contributed by atoms with Crippen LogP contribution in [-0.4, -0.2) is 11.4 Å². The number of nitrogens with two attached hydrogens (primary N) is 1. The Bertz CT molecular complexity index is 736. The molecule has 1 heterocycles. The van der Waals surface area contributed by atoms with Gasteiger partial charge in [-0.05, 0) is 36.1 Å². The fourth-order valence-corrected chi connectivity index (χ4v) is 2.47. The van der Waals surface area contributed by atoms with Crippen LogP contribution in [0.1, 0.15) is 5.56 Å². The third kappa shape index (κ3) is 3.26. The maximum absolute atomic E-state index is 5.79. The van der Waals surface area contributed by atoms with E-state index in [0.717, 1.165) is 16.9 Å². The van der Waals surface area contributed by atoms with Crippen LogP contribution in [0, 0.1) is 0 Å². The summed E-state index contributed by atoms with van der Waals surface area (Å²) in [6.07, 6.45) is 3.49. The summed E-state index contributed by atoms with van der Waals surface area (Å²) in [6, 6.07) is 16.0. The molecular formula is C17H16N2O2S. The van der Waals surface area contributed by atoms with Gasteiger partial charge in [0.25, 0.3) is 0 Å². The average molecular weight is 312 g/mol. The summed E-state index contributed by atoms with van der Waals surface area (Å²) in [5.74, 6) is 0.864. The molecule has 0 spiro atoms. The molecule has 112 valence electrons. The largest absolute Gasteiger partial charge is 0.489 e. The predicted molar refractivity (Wildman–Crippen MR) is 88.9 cm³/mol.